The molecule has 0 radical (unpaired) electrons. The third-order valence-electron chi connectivity index (χ3n) is 5.65. The van der Waals surface area contributed by atoms with E-state index in [9.17, 15) is 4.79 Å². The number of rotatable bonds is 5. The number of aromatic nitrogens is 2. The van der Waals surface area contributed by atoms with E-state index in [1.165, 1.54) is 11.1 Å². The Kier molecular flexibility index (Phi) is 5.81. The second kappa shape index (κ2) is 8.66. The molecule has 1 aliphatic heterocycles. The molecular formula is C23H29N5O. The van der Waals surface area contributed by atoms with Crippen LogP contribution in [0, 0.1) is 13.8 Å². The van der Waals surface area contributed by atoms with Gasteiger partial charge in [-0.15, -0.1) is 0 Å². The predicted molar refractivity (Wildman–Crippen MR) is 117 cm³/mol. The second-order valence-corrected chi connectivity index (χ2v) is 7.83. The van der Waals surface area contributed by atoms with Crippen molar-refractivity contribution in [1.29, 1.82) is 0 Å². The standard InChI is InChI=1S/C23H29N5O/c1-17-7-5-8-18(2)23(17)24-15-22(29)28-12-6-11-27(13-14-28)16-21-25-19-9-3-4-10-20(19)26-21/h3-5,7-10,24H,6,11-16H2,1-2H3,(H,25,26). The molecule has 1 aliphatic rings. The summed E-state index contributed by atoms with van der Waals surface area (Å²) < 4.78 is 0. The molecular weight excluding hydrogens is 362 g/mol. The molecule has 0 spiro atoms. The minimum atomic E-state index is 0.165. The van der Waals surface area contributed by atoms with Gasteiger partial charge in [0.25, 0.3) is 0 Å². The van der Waals surface area contributed by atoms with E-state index in [4.69, 9.17) is 0 Å². The quantitative estimate of drug-likeness (QED) is 0.700. The van der Waals surface area contributed by atoms with Gasteiger partial charge in [-0.1, -0.05) is 30.3 Å². The van der Waals surface area contributed by atoms with Crippen molar-refractivity contribution in [2.24, 2.45) is 0 Å². The molecule has 6 heteroatoms. The maximum Gasteiger partial charge on any atom is 0.241 e. The fourth-order valence-electron chi connectivity index (χ4n) is 4.04. The number of fused-ring (bicyclic) bond motifs is 1. The van der Waals surface area contributed by atoms with Crippen LogP contribution >= 0.6 is 0 Å². The number of imidazole rings is 1. The van der Waals surface area contributed by atoms with Gasteiger partial charge in [-0.2, -0.15) is 0 Å². The molecule has 1 aromatic heterocycles. The summed E-state index contributed by atoms with van der Waals surface area (Å²) in [6, 6.07) is 14.3. The Morgan fingerprint density at radius 2 is 1.83 bits per heavy atom. The van der Waals surface area contributed by atoms with Crippen molar-refractivity contribution < 1.29 is 4.79 Å². The molecule has 0 unspecified atom stereocenters. The van der Waals surface area contributed by atoms with Crippen LogP contribution < -0.4 is 5.32 Å². The Balaban J connectivity index is 1.31. The van der Waals surface area contributed by atoms with E-state index in [1.807, 2.05) is 29.2 Å². The zero-order chi connectivity index (χ0) is 20.2. The summed E-state index contributed by atoms with van der Waals surface area (Å²) in [5.74, 6) is 1.15. The average molecular weight is 392 g/mol. The monoisotopic (exact) mass is 391 g/mol. The van der Waals surface area contributed by atoms with Gasteiger partial charge in [-0.3, -0.25) is 9.69 Å². The number of para-hydroxylation sites is 3. The summed E-state index contributed by atoms with van der Waals surface area (Å²) in [6.07, 6.45) is 0.982. The van der Waals surface area contributed by atoms with Crippen molar-refractivity contribution in [3.8, 4) is 0 Å². The smallest absolute Gasteiger partial charge is 0.241 e. The maximum atomic E-state index is 12.8. The highest BCUT2D eigenvalue weighted by Gasteiger charge is 2.20. The number of hydrogen-bond donors (Lipinski definition) is 2. The van der Waals surface area contributed by atoms with E-state index in [0.29, 0.717) is 6.54 Å². The van der Waals surface area contributed by atoms with Crippen molar-refractivity contribution in [2.75, 3.05) is 38.0 Å². The number of nitrogens with zero attached hydrogens (tertiary/aromatic N) is 3. The topological polar surface area (TPSA) is 64.3 Å². The van der Waals surface area contributed by atoms with Gasteiger partial charge in [-0.25, -0.2) is 4.98 Å². The Morgan fingerprint density at radius 1 is 1.03 bits per heavy atom. The lowest BCUT2D eigenvalue weighted by molar-refractivity contribution is -0.129. The molecule has 4 rings (SSSR count). The van der Waals surface area contributed by atoms with Gasteiger partial charge in [0.05, 0.1) is 24.1 Å². The Hall–Kier alpha value is -2.86. The van der Waals surface area contributed by atoms with E-state index in [2.05, 4.69) is 52.2 Å². The van der Waals surface area contributed by atoms with Crippen LogP contribution in [0.3, 0.4) is 0 Å². The molecule has 2 heterocycles. The summed E-state index contributed by atoms with van der Waals surface area (Å²) in [7, 11) is 0. The van der Waals surface area contributed by atoms with Crippen LogP contribution in [0.1, 0.15) is 23.4 Å². The number of aromatic amines is 1. The zero-order valence-corrected chi connectivity index (χ0v) is 17.2. The van der Waals surface area contributed by atoms with Crippen LogP contribution in [-0.4, -0.2) is 58.4 Å². The van der Waals surface area contributed by atoms with Crippen molar-refractivity contribution in [3.05, 3.63) is 59.4 Å². The molecule has 0 saturated carbocycles. The van der Waals surface area contributed by atoms with Crippen LogP contribution in [0.5, 0.6) is 0 Å². The van der Waals surface area contributed by atoms with Crippen molar-refractivity contribution >= 4 is 22.6 Å². The molecule has 0 bridgehead atoms. The SMILES string of the molecule is Cc1cccc(C)c1NCC(=O)N1CCCN(Cc2nc3ccccc3[nH]2)CC1. The first-order chi connectivity index (χ1) is 14.1. The number of aryl methyl sites for hydroxylation is 2. The Labute approximate surface area is 171 Å². The highest BCUT2D eigenvalue weighted by Crippen LogP contribution is 2.19. The summed E-state index contributed by atoms with van der Waals surface area (Å²) in [5.41, 5.74) is 5.50. The number of anilines is 1. The van der Waals surface area contributed by atoms with Gasteiger partial charge in [0.1, 0.15) is 5.82 Å². The van der Waals surface area contributed by atoms with Gasteiger partial charge < -0.3 is 15.2 Å². The lowest BCUT2D eigenvalue weighted by Crippen LogP contribution is -2.38. The lowest BCUT2D eigenvalue weighted by atomic mass is 10.1. The summed E-state index contributed by atoms with van der Waals surface area (Å²) in [4.78, 5) is 25.2. The minimum Gasteiger partial charge on any atom is -0.376 e. The number of H-pyrrole nitrogens is 1. The second-order valence-electron chi connectivity index (χ2n) is 7.83. The number of carbonyl (C=O) groups is 1. The molecule has 6 nitrogen and oxygen atoms in total. The summed E-state index contributed by atoms with van der Waals surface area (Å²) in [5, 5.41) is 3.34. The molecule has 29 heavy (non-hydrogen) atoms. The van der Waals surface area contributed by atoms with Gasteiger partial charge in [0, 0.05) is 31.9 Å². The van der Waals surface area contributed by atoms with Crippen LogP contribution in [0.25, 0.3) is 11.0 Å². The normalized spacial score (nSPS) is 15.4. The van der Waals surface area contributed by atoms with E-state index in [0.717, 1.165) is 61.7 Å². The van der Waals surface area contributed by atoms with Crippen molar-refractivity contribution in [1.82, 2.24) is 19.8 Å². The molecule has 1 amide bonds. The van der Waals surface area contributed by atoms with Gasteiger partial charge in [0.2, 0.25) is 5.91 Å². The number of benzene rings is 2. The molecule has 2 N–H and O–H groups in total. The van der Waals surface area contributed by atoms with Crippen molar-refractivity contribution in [3.63, 3.8) is 0 Å². The summed E-state index contributed by atoms with van der Waals surface area (Å²) >= 11 is 0. The highest BCUT2D eigenvalue weighted by atomic mass is 16.2. The third kappa shape index (κ3) is 4.59. The number of carbonyl (C=O) groups excluding carboxylic acids is 1. The molecule has 0 aliphatic carbocycles. The zero-order valence-electron chi connectivity index (χ0n) is 17.2. The van der Waals surface area contributed by atoms with Gasteiger partial charge >= 0.3 is 0 Å². The predicted octanol–water partition coefficient (Wildman–Crippen LogP) is 3.33. The number of hydrogen-bond acceptors (Lipinski definition) is 4. The molecule has 0 atom stereocenters. The first kappa shape index (κ1) is 19.5. The Morgan fingerprint density at radius 3 is 2.62 bits per heavy atom. The molecule has 3 aromatic rings. The minimum absolute atomic E-state index is 0.165. The molecule has 2 aromatic carbocycles. The highest BCUT2D eigenvalue weighted by molar-refractivity contribution is 5.81. The number of nitrogens with one attached hydrogen (secondary N) is 2. The fourth-order valence-corrected chi connectivity index (χ4v) is 4.04. The van der Waals surface area contributed by atoms with Crippen LogP contribution in [0.2, 0.25) is 0 Å². The third-order valence-corrected chi connectivity index (χ3v) is 5.65. The lowest BCUT2D eigenvalue weighted by Gasteiger charge is -2.22. The van der Waals surface area contributed by atoms with Crippen molar-refractivity contribution in [2.45, 2.75) is 26.8 Å². The van der Waals surface area contributed by atoms with Gasteiger partial charge in [0.15, 0.2) is 0 Å². The number of amides is 1. The Bertz CT molecular complexity index is 943. The first-order valence-electron chi connectivity index (χ1n) is 10.3. The van der Waals surface area contributed by atoms with Crippen LogP contribution in [0.4, 0.5) is 5.69 Å². The summed E-state index contributed by atoms with van der Waals surface area (Å²) in [6.45, 7) is 8.69. The largest absolute Gasteiger partial charge is 0.376 e. The van der Waals surface area contributed by atoms with E-state index in [1.54, 1.807) is 0 Å². The first-order valence-corrected chi connectivity index (χ1v) is 10.3. The average Bonchev–Trinajstić information content (AvgIpc) is 2.97. The van der Waals surface area contributed by atoms with Gasteiger partial charge in [-0.05, 0) is 43.5 Å². The molecule has 152 valence electrons. The fraction of sp³-hybridized carbons (Fsp3) is 0.391. The van der Waals surface area contributed by atoms with E-state index in [-0.39, 0.29) is 5.91 Å². The molecule has 1 fully saturated rings. The van der Waals surface area contributed by atoms with Crippen LogP contribution in [0.15, 0.2) is 42.5 Å². The van der Waals surface area contributed by atoms with E-state index < -0.39 is 0 Å². The molecule has 1 saturated heterocycles. The maximum absolute atomic E-state index is 12.8. The van der Waals surface area contributed by atoms with Crippen LogP contribution in [-0.2, 0) is 11.3 Å². The van der Waals surface area contributed by atoms with E-state index >= 15 is 0 Å².